The SMILES string of the molecule is CCCCN(Cc1ccco1)S(=O)(=O)c1ccc2c(c1)NC(=O)C(C)CS2. The number of rotatable bonds is 7. The summed E-state index contributed by atoms with van der Waals surface area (Å²) < 4.78 is 33.3. The molecule has 1 aliphatic rings. The number of sulfonamides is 1. The first-order valence-corrected chi connectivity index (χ1v) is 11.4. The first-order valence-electron chi connectivity index (χ1n) is 9.02. The highest BCUT2D eigenvalue weighted by molar-refractivity contribution is 7.99. The molecule has 1 atom stereocenters. The summed E-state index contributed by atoms with van der Waals surface area (Å²) in [5, 5.41) is 2.85. The van der Waals surface area contributed by atoms with Gasteiger partial charge < -0.3 is 9.73 Å². The van der Waals surface area contributed by atoms with Crippen LogP contribution in [0.2, 0.25) is 0 Å². The normalized spacial score (nSPS) is 17.4. The van der Waals surface area contributed by atoms with E-state index in [1.54, 1.807) is 42.1 Å². The van der Waals surface area contributed by atoms with Crippen molar-refractivity contribution in [2.75, 3.05) is 17.6 Å². The molecule has 1 aliphatic heterocycles. The number of amides is 1. The van der Waals surface area contributed by atoms with Crippen LogP contribution in [0.3, 0.4) is 0 Å². The number of benzene rings is 1. The summed E-state index contributed by atoms with van der Waals surface area (Å²) in [6.45, 7) is 4.48. The van der Waals surface area contributed by atoms with Crippen molar-refractivity contribution < 1.29 is 17.6 Å². The van der Waals surface area contributed by atoms with Crippen LogP contribution in [-0.4, -0.2) is 30.9 Å². The molecule has 0 spiro atoms. The molecular formula is C19H24N2O4S2. The van der Waals surface area contributed by atoms with E-state index in [1.165, 1.54) is 10.6 Å². The van der Waals surface area contributed by atoms with E-state index in [2.05, 4.69) is 5.32 Å². The Labute approximate surface area is 164 Å². The first-order chi connectivity index (χ1) is 12.9. The van der Waals surface area contributed by atoms with Gasteiger partial charge >= 0.3 is 0 Å². The molecule has 3 rings (SSSR count). The van der Waals surface area contributed by atoms with Crippen LogP contribution in [0.25, 0.3) is 0 Å². The summed E-state index contributed by atoms with van der Waals surface area (Å²) in [5.74, 6) is 1.06. The molecule has 2 aromatic rings. The third kappa shape index (κ3) is 4.56. The van der Waals surface area contributed by atoms with Crippen LogP contribution >= 0.6 is 11.8 Å². The van der Waals surface area contributed by atoms with Crippen molar-refractivity contribution in [2.45, 2.75) is 43.0 Å². The van der Waals surface area contributed by atoms with Gasteiger partial charge in [-0.05, 0) is 36.8 Å². The lowest BCUT2D eigenvalue weighted by molar-refractivity contribution is -0.118. The fraction of sp³-hybridized carbons (Fsp3) is 0.421. The zero-order chi connectivity index (χ0) is 19.4. The Balaban J connectivity index is 1.92. The maximum Gasteiger partial charge on any atom is 0.243 e. The van der Waals surface area contributed by atoms with Gasteiger partial charge in [0.25, 0.3) is 0 Å². The number of fused-ring (bicyclic) bond motifs is 1. The van der Waals surface area contributed by atoms with Gasteiger partial charge in [-0.15, -0.1) is 11.8 Å². The number of nitrogens with zero attached hydrogens (tertiary/aromatic N) is 1. The van der Waals surface area contributed by atoms with Crippen molar-refractivity contribution in [3.05, 3.63) is 42.4 Å². The maximum atomic E-state index is 13.2. The second-order valence-corrected chi connectivity index (χ2v) is 9.63. The predicted molar refractivity (Wildman–Crippen MR) is 106 cm³/mol. The van der Waals surface area contributed by atoms with E-state index >= 15 is 0 Å². The Kier molecular flexibility index (Phi) is 6.29. The topological polar surface area (TPSA) is 79.6 Å². The average molecular weight is 409 g/mol. The van der Waals surface area contributed by atoms with Crippen molar-refractivity contribution in [1.82, 2.24) is 4.31 Å². The van der Waals surface area contributed by atoms with Crippen molar-refractivity contribution in [3.8, 4) is 0 Å². The fourth-order valence-corrected chi connectivity index (χ4v) is 5.27. The molecule has 1 aromatic carbocycles. The number of carbonyl (C=O) groups is 1. The lowest BCUT2D eigenvalue weighted by Gasteiger charge is -2.22. The molecule has 27 heavy (non-hydrogen) atoms. The number of anilines is 1. The second kappa shape index (κ2) is 8.50. The van der Waals surface area contributed by atoms with Crippen molar-refractivity contribution in [3.63, 3.8) is 0 Å². The minimum absolute atomic E-state index is 0.0887. The van der Waals surface area contributed by atoms with E-state index in [-0.39, 0.29) is 23.3 Å². The smallest absolute Gasteiger partial charge is 0.243 e. The molecule has 0 aliphatic carbocycles. The highest BCUT2D eigenvalue weighted by Crippen LogP contribution is 2.35. The Morgan fingerprint density at radius 1 is 1.33 bits per heavy atom. The minimum atomic E-state index is -3.71. The number of nitrogens with one attached hydrogen (secondary N) is 1. The summed E-state index contributed by atoms with van der Waals surface area (Å²) >= 11 is 1.56. The van der Waals surface area contributed by atoms with Gasteiger partial charge in [-0.1, -0.05) is 20.3 Å². The molecule has 1 aromatic heterocycles. The molecule has 8 heteroatoms. The zero-order valence-electron chi connectivity index (χ0n) is 15.5. The third-order valence-electron chi connectivity index (χ3n) is 4.46. The lowest BCUT2D eigenvalue weighted by atomic mass is 10.2. The molecule has 2 heterocycles. The van der Waals surface area contributed by atoms with Crippen molar-refractivity contribution in [2.24, 2.45) is 5.92 Å². The fourth-order valence-electron chi connectivity index (χ4n) is 2.78. The molecule has 146 valence electrons. The Hall–Kier alpha value is -1.77. The average Bonchev–Trinajstić information content (AvgIpc) is 3.11. The van der Waals surface area contributed by atoms with E-state index in [0.29, 0.717) is 23.7 Å². The van der Waals surface area contributed by atoms with Crippen molar-refractivity contribution in [1.29, 1.82) is 0 Å². The number of furan rings is 1. The molecule has 6 nitrogen and oxygen atoms in total. The monoisotopic (exact) mass is 408 g/mol. The molecule has 1 unspecified atom stereocenters. The van der Waals surface area contributed by atoms with E-state index in [0.717, 1.165) is 17.7 Å². The van der Waals surface area contributed by atoms with Crippen LogP contribution in [-0.2, 0) is 21.4 Å². The van der Waals surface area contributed by atoms with Crippen LogP contribution in [0, 0.1) is 5.92 Å². The predicted octanol–water partition coefficient (Wildman–Crippen LogP) is 3.95. The minimum Gasteiger partial charge on any atom is -0.468 e. The molecule has 1 N–H and O–H groups in total. The van der Waals surface area contributed by atoms with Gasteiger partial charge in [0.05, 0.1) is 23.4 Å². The maximum absolute atomic E-state index is 13.2. The van der Waals surface area contributed by atoms with Gasteiger partial charge in [-0.3, -0.25) is 4.79 Å². The highest BCUT2D eigenvalue weighted by Gasteiger charge is 2.27. The van der Waals surface area contributed by atoms with E-state index in [9.17, 15) is 13.2 Å². The molecule has 0 saturated heterocycles. The number of unbranched alkanes of at least 4 members (excludes halogenated alkanes) is 1. The van der Waals surface area contributed by atoms with E-state index < -0.39 is 10.0 Å². The van der Waals surface area contributed by atoms with Crippen molar-refractivity contribution >= 4 is 33.4 Å². The summed E-state index contributed by atoms with van der Waals surface area (Å²) in [6, 6.07) is 8.47. The number of hydrogen-bond acceptors (Lipinski definition) is 5. The van der Waals surface area contributed by atoms with Gasteiger partial charge in [0.2, 0.25) is 15.9 Å². The Bertz CT molecular complexity index is 894. The Morgan fingerprint density at radius 3 is 2.85 bits per heavy atom. The third-order valence-corrected chi connectivity index (χ3v) is 7.63. The van der Waals surface area contributed by atoms with Gasteiger partial charge in [0, 0.05) is 23.1 Å². The van der Waals surface area contributed by atoms with Crippen LogP contribution < -0.4 is 5.32 Å². The molecule has 0 bridgehead atoms. The van der Waals surface area contributed by atoms with Gasteiger partial charge in [-0.2, -0.15) is 4.31 Å². The standard InChI is InChI=1S/C19H24N2O4S2/c1-3-4-9-21(12-15-6-5-10-25-15)27(23,24)16-7-8-18-17(11-16)20-19(22)14(2)13-26-18/h5-8,10-11,14H,3-4,9,12-13H2,1-2H3,(H,20,22). The van der Waals surface area contributed by atoms with E-state index in [4.69, 9.17) is 4.42 Å². The lowest BCUT2D eigenvalue weighted by Crippen LogP contribution is -2.31. The first kappa shape index (κ1) is 20.0. The zero-order valence-corrected chi connectivity index (χ0v) is 17.1. The molecular weight excluding hydrogens is 384 g/mol. The van der Waals surface area contributed by atoms with Crippen LogP contribution in [0.15, 0.2) is 50.8 Å². The quantitative estimate of drug-likeness (QED) is 0.750. The number of carbonyl (C=O) groups excluding carboxylic acids is 1. The van der Waals surface area contributed by atoms with Crippen LogP contribution in [0.1, 0.15) is 32.4 Å². The molecule has 1 amide bonds. The highest BCUT2D eigenvalue weighted by atomic mass is 32.2. The number of thioether (sulfide) groups is 1. The molecule has 0 fully saturated rings. The van der Waals surface area contributed by atoms with Gasteiger partial charge in [0.1, 0.15) is 5.76 Å². The van der Waals surface area contributed by atoms with E-state index in [1.807, 2.05) is 13.8 Å². The van der Waals surface area contributed by atoms with Gasteiger partial charge in [-0.25, -0.2) is 8.42 Å². The summed E-state index contributed by atoms with van der Waals surface area (Å²) in [7, 11) is -3.71. The Morgan fingerprint density at radius 2 is 2.15 bits per heavy atom. The largest absolute Gasteiger partial charge is 0.468 e. The summed E-state index contributed by atoms with van der Waals surface area (Å²) in [4.78, 5) is 13.2. The van der Waals surface area contributed by atoms with Crippen LogP contribution in [0.4, 0.5) is 5.69 Å². The summed E-state index contributed by atoms with van der Waals surface area (Å²) in [6.07, 6.45) is 3.18. The second-order valence-electron chi connectivity index (χ2n) is 6.63. The molecule has 0 radical (unpaired) electrons. The van der Waals surface area contributed by atoms with Gasteiger partial charge in [0.15, 0.2) is 0 Å². The summed E-state index contributed by atoms with van der Waals surface area (Å²) in [5.41, 5.74) is 0.559. The molecule has 0 saturated carbocycles. The number of hydrogen-bond donors (Lipinski definition) is 1. The van der Waals surface area contributed by atoms with Crippen LogP contribution in [0.5, 0.6) is 0 Å².